The zero-order valence-electron chi connectivity index (χ0n) is 10.9. The third-order valence-corrected chi connectivity index (χ3v) is 3.97. The van der Waals surface area contributed by atoms with Gasteiger partial charge in [-0.15, -0.1) is 10.2 Å². The van der Waals surface area contributed by atoms with E-state index in [1.807, 2.05) is 18.5 Å². The van der Waals surface area contributed by atoms with Crippen molar-refractivity contribution in [3.8, 4) is 0 Å². The summed E-state index contributed by atoms with van der Waals surface area (Å²) in [5.74, 6) is 0.398. The number of aryl methyl sites for hydroxylation is 1. The molecule has 0 aliphatic carbocycles. The third kappa shape index (κ3) is 3.01. The van der Waals surface area contributed by atoms with Crippen molar-refractivity contribution in [2.24, 2.45) is 7.05 Å². The van der Waals surface area contributed by atoms with Gasteiger partial charge in [0.25, 0.3) is 0 Å². The lowest BCUT2D eigenvalue weighted by molar-refractivity contribution is 0.0994. The monoisotopic (exact) mass is 279 g/mol. The average Bonchev–Trinajstić information content (AvgIpc) is 2.71. The van der Waals surface area contributed by atoms with Crippen LogP contribution in [0.25, 0.3) is 0 Å². The summed E-state index contributed by atoms with van der Waals surface area (Å²) in [4.78, 5) is 12.2. The van der Waals surface area contributed by atoms with Gasteiger partial charge in [-0.2, -0.15) is 0 Å². The van der Waals surface area contributed by atoms with E-state index in [0.717, 1.165) is 5.82 Å². The lowest BCUT2D eigenvalue weighted by Crippen LogP contribution is -2.14. The molecular weight excluding hydrogens is 265 g/mol. The van der Waals surface area contributed by atoms with Crippen LogP contribution < -0.4 is 0 Å². The number of hydrogen-bond acceptors (Lipinski definition) is 4. The summed E-state index contributed by atoms with van der Waals surface area (Å²) in [5, 5.41) is 8.35. The normalized spacial score (nSPS) is 12.4. The van der Waals surface area contributed by atoms with Crippen molar-refractivity contribution >= 4 is 17.5 Å². The van der Waals surface area contributed by atoms with Crippen LogP contribution in [-0.4, -0.2) is 25.8 Å². The molecule has 1 heterocycles. The van der Waals surface area contributed by atoms with Gasteiger partial charge < -0.3 is 4.57 Å². The molecule has 0 saturated carbocycles. The van der Waals surface area contributed by atoms with Gasteiger partial charge in [-0.3, -0.25) is 4.79 Å². The molecule has 0 unspecified atom stereocenters. The van der Waals surface area contributed by atoms with Crippen molar-refractivity contribution in [3.05, 3.63) is 41.5 Å². The Kier molecular flexibility index (Phi) is 3.99. The Bertz CT molecular complexity index is 594. The maximum Gasteiger partial charge on any atom is 0.191 e. The van der Waals surface area contributed by atoms with E-state index in [4.69, 9.17) is 0 Å². The molecule has 1 atom stereocenters. The quantitative estimate of drug-likeness (QED) is 0.637. The van der Waals surface area contributed by atoms with Crippen molar-refractivity contribution in [3.63, 3.8) is 0 Å². The number of hydrogen-bond donors (Lipinski definition) is 0. The second-order valence-corrected chi connectivity index (χ2v) is 5.53. The van der Waals surface area contributed by atoms with Gasteiger partial charge in [0.2, 0.25) is 0 Å². The number of halogens is 1. The van der Waals surface area contributed by atoms with Crippen molar-refractivity contribution in [1.82, 2.24) is 14.8 Å². The minimum atomic E-state index is -0.346. The van der Waals surface area contributed by atoms with Gasteiger partial charge in [0.05, 0.1) is 5.25 Å². The second-order valence-electron chi connectivity index (χ2n) is 4.22. The summed E-state index contributed by atoms with van der Waals surface area (Å²) in [6.07, 6.45) is 0. The van der Waals surface area contributed by atoms with E-state index in [0.29, 0.717) is 10.7 Å². The fraction of sp³-hybridized carbons (Fsp3) is 0.308. The molecule has 0 aliphatic rings. The molecule has 100 valence electrons. The smallest absolute Gasteiger partial charge is 0.191 e. The molecule has 1 aromatic carbocycles. The maximum absolute atomic E-state index is 12.8. The van der Waals surface area contributed by atoms with E-state index in [9.17, 15) is 9.18 Å². The minimum absolute atomic E-state index is 0.0503. The van der Waals surface area contributed by atoms with Crippen molar-refractivity contribution in [2.45, 2.75) is 24.3 Å². The number of thioether (sulfide) groups is 1. The van der Waals surface area contributed by atoms with Crippen molar-refractivity contribution < 1.29 is 9.18 Å². The zero-order chi connectivity index (χ0) is 14.0. The highest BCUT2D eigenvalue weighted by Crippen LogP contribution is 2.24. The van der Waals surface area contributed by atoms with Gasteiger partial charge in [0.15, 0.2) is 10.9 Å². The number of carbonyl (C=O) groups excluding carboxylic acids is 1. The number of nitrogens with zero attached hydrogens (tertiary/aromatic N) is 3. The predicted octanol–water partition coefficient (Wildman–Crippen LogP) is 2.63. The number of Topliss-reactive ketones (excluding diaryl/α,β-unsaturated/α-hetero) is 1. The number of rotatable bonds is 4. The molecule has 0 bridgehead atoms. The fourth-order valence-electron chi connectivity index (χ4n) is 1.55. The summed E-state index contributed by atoms with van der Waals surface area (Å²) in [7, 11) is 1.85. The zero-order valence-corrected chi connectivity index (χ0v) is 11.7. The number of benzene rings is 1. The molecule has 0 fully saturated rings. The summed E-state index contributed by atoms with van der Waals surface area (Å²) < 4.78 is 14.6. The van der Waals surface area contributed by atoms with Crippen LogP contribution in [0, 0.1) is 12.7 Å². The van der Waals surface area contributed by atoms with Crippen LogP contribution in [0.1, 0.15) is 23.1 Å². The SMILES string of the molecule is Cc1nnc(S[C@@H](C)C(=O)c2ccc(F)cc2)n1C. The average molecular weight is 279 g/mol. The first kappa shape index (κ1) is 13.7. The molecule has 4 nitrogen and oxygen atoms in total. The highest BCUT2D eigenvalue weighted by Gasteiger charge is 2.19. The van der Waals surface area contributed by atoms with Gasteiger partial charge in [-0.05, 0) is 38.1 Å². The maximum atomic E-state index is 12.8. The first-order valence-corrected chi connectivity index (χ1v) is 6.69. The Hall–Kier alpha value is -1.69. The van der Waals surface area contributed by atoms with Gasteiger partial charge >= 0.3 is 0 Å². The van der Waals surface area contributed by atoms with Crippen LogP contribution in [0.4, 0.5) is 4.39 Å². The molecule has 6 heteroatoms. The molecule has 19 heavy (non-hydrogen) atoms. The number of carbonyl (C=O) groups is 1. The summed E-state index contributed by atoms with van der Waals surface area (Å²) in [5.41, 5.74) is 0.500. The van der Waals surface area contributed by atoms with Gasteiger partial charge in [-0.1, -0.05) is 11.8 Å². The highest BCUT2D eigenvalue weighted by molar-refractivity contribution is 8.00. The first-order chi connectivity index (χ1) is 8.99. The molecule has 2 rings (SSSR count). The van der Waals surface area contributed by atoms with E-state index >= 15 is 0 Å². The Balaban J connectivity index is 2.11. The third-order valence-electron chi connectivity index (χ3n) is 2.83. The predicted molar refractivity (Wildman–Crippen MR) is 71.8 cm³/mol. The van der Waals surface area contributed by atoms with Gasteiger partial charge in [0.1, 0.15) is 11.6 Å². The van der Waals surface area contributed by atoms with Crippen molar-refractivity contribution in [1.29, 1.82) is 0 Å². The summed E-state index contributed by atoms with van der Waals surface area (Å²) in [6.45, 7) is 3.66. The minimum Gasteiger partial charge on any atom is -0.309 e. The largest absolute Gasteiger partial charge is 0.309 e. The number of ketones is 1. The van der Waals surface area contributed by atoms with E-state index in [1.165, 1.54) is 36.0 Å². The van der Waals surface area contributed by atoms with Crippen LogP contribution in [0.3, 0.4) is 0 Å². The molecule has 2 aromatic rings. The lowest BCUT2D eigenvalue weighted by Gasteiger charge is -2.09. The molecule has 0 N–H and O–H groups in total. The standard InChI is InChI=1S/C13H14FN3OS/c1-8(19-13-16-15-9(2)17(13)3)12(18)10-4-6-11(14)7-5-10/h4-8H,1-3H3/t8-/m0/s1. The van der Waals surface area contributed by atoms with Crippen LogP contribution in [0.2, 0.25) is 0 Å². The Morgan fingerprint density at radius 2 is 1.95 bits per heavy atom. The molecule has 0 saturated heterocycles. The Morgan fingerprint density at radius 3 is 2.47 bits per heavy atom. The molecule has 1 aromatic heterocycles. The molecule has 0 amide bonds. The summed E-state index contributed by atoms with van der Waals surface area (Å²) >= 11 is 1.34. The topological polar surface area (TPSA) is 47.8 Å². The number of aromatic nitrogens is 3. The molecular formula is C13H14FN3OS. The first-order valence-electron chi connectivity index (χ1n) is 5.81. The van der Waals surface area contributed by atoms with Crippen LogP contribution in [0.5, 0.6) is 0 Å². The van der Waals surface area contributed by atoms with E-state index in [-0.39, 0.29) is 16.9 Å². The van der Waals surface area contributed by atoms with Gasteiger partial charge in [-0.25, -0.2) is 4.39 Å². The van der Waals surface area contributed by atoms with Gasteiger partial charge in [0, 0.05) is 12.6 Å². The second kappa shape index (κ2) is 5.52. The fourth-order valence-corrected chi connectivity index (χ4v) is 2.49. The summed E-state index contributed by atoms with van der Waals surface area (Å²) in [6, 6.07) is 5.57. The molecule has 0 radical (unpaired) electrons. The Morgan fingerprint density at radius 1 is 1.32 bits per heavy atom. The lowest BCUT2D eigenvalue weighted by atomic mass is 10.1. The van der Waals surface area contributed by atoms with E-state index < -0.39 is 0 Å². The van der Waals surface area contributed by atoms with E-state index in [2.05, 4.69) is 10.2 Å². The van der Waals surface area contributed by atoms with Crippen LogP contribution in [-0.2, 0) is 7.05 Å². The Labute approximate surface area is 115 Å². The van der Waals surface area contributed by atoms with Crippen molar-refractivity contribution in [2.75, 3.05) is 0 Å². The van der Waals surface area contributed by atoms with E-state index in [1.54, 1.807) is 6.92 Å². The van der Waals surface area contributed by atoms with Crippen LogP contribution in [0.15, 0.2) is 29.4 Å². The molecule has 0 aliphatic heterocycles. The molecule has 0 spiro atoms. The highest BCUT2D eigenvalue weighted by atomic mass is 32.2. The van der Waals surface area contributed by atoms with Crippen LogP contribution >= 0.6 is 11.8 Å².